The van der Waals surface area contributed by atoms with Gasteiger partial charge < -0.3 is 10.0 Å². The molecule has 1 fully saturated rings. The Hall–Kier alpha value is -2.49. The lowest BCUT2D eigenvalue weighted by Gasteiger charge is -2.35. The zero-order valence-electron chi connectivity index (χ0n) is 15.5. The summed E-state index contributed by atoms with van der Waals surface area (Å²) in [5, 5.41) is 22.1. The van der Waals surface area contributed by atoms with Crippen molar-refractivity contribution < 1.29 is 18.4 Å². The second kappa shape index (κ2) is 8.26. The smallest absolute Gasteiger partial charge is 0.293 e. The van der Waals surface area contributed by atoms with E-state index in [1.807, 2.05) is 35.2 Å². The second-order valence-corrected chi connectivity index (χ2v) is 8.68. The maximum absolute atomic E-state index is 11.9. The first-order valence-electron chi connectivity index (χ1n) is 9.03. The standard InChI is InChI=1S/C19H23N3O5S/c1-20-28(26,27)16-7-8-17(18(13-16)22(24)25)21-11-9-15(10-12-21)19(23)14-5-3-2-4-6-14/h2-8,13,15,19-20,23H,9-12H2,1H3. The molecule has 3 rings (SSSR count). The number of anilines is 1. The van der Waals surface area contributed by atoms with Crippen molar-refractivity contribution in [3.05, 3.63) is 64.2 Å². The number of nitro benzene ring substituents is 1. The van der Waals surface area contributed by atoms with Crippen LogP contribution in [0, 0.1) is 16.0 Å². The zero-order chi connectivity index (χ0) is 20.3. The molecule has 2 aromatic rings. The van der Waals surface area contributed by atoms with Gasteiger partial charge in [0.1, 0.15) is 5.69 Å². The van der Waals surface area contributed by atoms with Gasteiger partial charge in [0.05, 0.1) is 15.9 Å². The Bertz CT molecular complexity index is 941. The SMILES string of the molecule is CNS(=O)(=O)c1ccc(N2CCC(C(O)c3ccccc3)CC2)c([N+](=O)[O-])c1. The molecule has 9 heteroatoms. The number of nitrogens with one attached hydrogen (secondary N) is 1. The van der Waals surface area contributed by atoms with Gasteiger partial charge in [-0.25, -0.2) is 13.1 Å². The van der Waals surface area contributed by atoms with E-state index in [1.54, 1.807) is 0 Å². The number of nitrogens with zero attached hydrogens (tertiary/aromatic N) is 2. The van der Waals surface area contributed by atoms with Crippen molar-refractivity contribution in [1.29, 1.82) is 0 Å². The van der Waals surface area contributed by atoms with Crippen molar-refractivity contribution in [2.45, 2.75) is 23.8 Å². The predicted octanol–water partition coefficient (Wildman–Crippen LogP) is 2.45. The molecule has 1 atom stereocenters. The number of aliphatic hydroxyl groups is 1. The minimum atomic E-state index is -3.76. The molecule has 0 radical (unpaired) electrons. The van der Waals surface area contributed by atoms with E-state index >= 15 is 0 Å². The van der Waals surface area contributed by atoms with Crippen molar-refractivity contribution in [3.8, 4) is 0 Å². The van der Waals surface area contributed by atoms with Crippen LogP contribution < -0.4 is 9.62 Å². The zero-order valence-corrected chi connectivity index (χ0v) is 16.3. The van der Waals surface area contributed by atoms with Gasteiger partial charge in [-0.15, -0.1) is 0 Å². The molecule has 1 heterocycles. The highest BCUT2D eigenvalue weighted by molar-refractivity contribution is 7.89. The molecule has 28 heavy (non-hydrogen) atoms. The molecule has 8 nitrogen and oxygen atoms in total. The van der Waals surface area contributed by atoms with Crippen molar-refractivity contribution >= 4 is 21.4 Å². The van der Waals surface area contributed by atoms with E-state index in [2.05, 4.69) is 4.72 Å². The van der Waals surface area contributed by atoms with Gasteiger partial charge in [-0.3, -0.25) is 10.1 Å². The number of piperidine rings is 1. The molecular formula is C19H23N3O5S. The summed E-state index contributed by atoms with van der Waals surface area (Å²) in [6.45, 7) is 1.10. The number of rotatable bonds is 6. The Labute approximate surface area is 164 Å². The number of benzene rings is 2. The summed E-state index contributed by atoms with van der Waals surface area (Å²) in [4.78, 5) is 12.7. The molecule has 1 aliphatic heterocycles. The first kappa shape index (κ1) is 20.2. The van der Waals surface area contributed by atoms with Crippen molar-refractivity contribution in [3.63, 3.8) is 0 Å². The van der Waals surface area contributed by atoms with Crippen LogP contribution in [0.3, 0.4) is 0 Å². The van der Waals surface area contributed by atoms with Gasteiger partial charge in [0.15, 0.2) is 0 Å². The van der Waals surface area contributed by atoms with Gasteiger partial charge >= 0.3 is 0 Å². The van der Waals surface area contributed by atoms with Gasteiger partial charge in [0.25, 0.3) is 5.69 Å². The lowest BCUT2D eigenvalue weighted by Crippen LogP contribution is -2.36. The first-order valence-corrected chi connectivity index (χ1v) is 10.5. The highest BCUT2D eigenvalue weighted by atomic mass is 32.2. The molecule has 2 aromatic carbocycles. The van der Waals surface area contributed by atoms with Gasteiger partial charge in [0, 0.05) is 19.2 Å². The fraction of sp³-hybridized carbons (Fsp3) is 0.368. The van der Waals surface area contributed by atoms with Gasteiger partial charge in [-0.2, -0.15) is 0 Å². The Morgan fingerprint density at radius 2 is 1.82 bits per heavy atom. The molecule has 1 saturated heterocycles. The van der Waals surface area contributed by atoms with Crippen LogP contribution in [0.4, 0.5) is 11.4 Å². The molecule has 0 bridgehead atoms. The quantitative estimate of drug-likeness (QED) is 0.564. The average molecular weight is 405 g/mol. The topological polar surface area (TPSA) is 113 Å². The molecule has 0 aromatic heterocycles. The van der Waals surface area contributed by atoms with Gasteiger partial charge in [-0.1, -0.05) is 30.3 Å². The molecule has 1 unspecified atom stereocenters. The van der Waals surface area contributed by atoms with Crippen LogP contribution in [0.25, 0.3) is 0 Å². The van der Waals surface area contributed by atoms with E-state index in [9.17, 15) is 23.6 Å². The molecular weight excluding hydrogens is 382 g/mol. The van der Waals surface area contributed by atoms with Crippen LogP contribution in [-0.4, -0.2) is 38.6 Å². The van der Waals surface area contributed by atoms with Crippen molar-refractivity contribution in [2.75, 3.05) is 25.0 Å². The van der Waals surface area contributed by atoms with Gasteiger partial charge in [0.2, 0.25) is 10.0 Å². The predicted molar refractivity (Wildman–Crippen MR) is 106 cm³/mol. The fourth-order valence-corrected chi connectivity index (χ4v) is 4.33. The van der Waals surface area contributed by atoms with Crippen LogP contribution in [0.15, 0.2) is 53.4 Å². The van der Waals surface area contributed by atoms with E-state index in [0.717, 1.165) is 11.6 Å². The maximum atomic E-state index is 11.9. The number of nitro groups is 1. The van der Waals surface area contributed by atoms with E-state index in [1.165, 1.54) is 19.2 Å². The van der Waals surface area contributed by atoms with Crippen LogP contribution >= 0.6 is 0 Å². The highest BCUT2D eigenvalue weighted by Gasteiger charge is 2.30. The van der Waals surface area contributed by atoms with Crippen LogP contribution in [0.5, 0.6) is 0 Å². The Balaban J connectivity index is 1.78. The summed E-state index contributed by atoms with van der Waals surface area (Å²) >= 11 is 0. The summed E-state index contributed by atoms with van der Waals surface area (Å²) in [6.07, 6.45) is 0.801. The molecule has 0 aliphatic carbocycles. The maximum Gasteiger partial charge on any atom is 0.293 e. The lowest BCUT2D eigenvalue weighted by molar-refractivity contribution is -0.384. The molecule has 150 valence electrons. The van der Waals surface area contributed by atoms with E-state index in [4.69, 9.17) is 0 Å². The minimum Gasteiger partial charge on any atom is -0.388 e. The number of sulfonamides is 1. The Morgan fingerprint density at radius 1 is 1.18 bits per heavy atom. The monoisotopic (exact) mass is 405 g/mol. The third-order valence-electron chi connectivity index (χ3n) is 5.19. The average Bonchev–Trinajstić information content (AvgIpc) is 2.73. The van der Waals surface area contributed by atoms with E-state index in [-0.39, 0.29) is 16.5 Å². The van der Waals surface area contributed by atoms with E-state index < -0.39 is 21.1 Å². The van der Waals surface area contributed by atoms with Crippen molar-refractivity contribution in [2.24, 2.45) is 5.92 Å². The largest absolute Gasteiger partial charge is 0.388 e. The Kier molecular flexibility index (Phi) is 5.97. The summed E-state index contributed by atoms with van der Waals surface area (Å²) in [7, 11) is -2.50. The van der Waals surface area contributed by atoms with Crippen molar-refractivity contribution in [1.82, 2.24) is 4.72 Å². The van der Waals surface area contributed by atoms with Gasteiger partial charge in [-0.05, 0) is 43.5 Å². The van der Waals surface area contributed by atoms with E-state index in [0.29, 0.717) is 31.6 Å². The minimum absolute atomic E-state index is 0.0710. The normalized spacial score (nSPS) is 16.7. The summed E-state index contributed by atoms with van der Waals surface area (Å²) in [5.41, 5.74) is 1.03. The summed E-state index contributed by atoms with van der Waals surface area (Å²) in [6, 6.07) is 13.4. The third-order valence-corrected chi connectivity index (χ3v) is 6.60. The summed E-state index contributed by atoms with van der Waals surface area (Å²) < 4.78 is 26.0. The molecule has 1 aliphatic rings. The highest BCUT2D eigenvalue weighted by Crippen LogP contribution is 2.36. The number of hydrogen-bond donors (Lipinski definition) is 2. The fourth-order valence-electron chi connectivity index (χ4n) is 3.58. The van der Waals surface area contributed by atoms with Crippen LogP contribution in [-0.2, 0) is 10.0 Å². The lowest BCUT2D eigenvalue weighted by atomic mass is 9.87. The number of hydrogen-bond acceptors (Lipinski definition) is 6. The second-order valence-electron chi connectivity index (χ2n) is 6.80. The third kappa shape index (κ3) is 4.16. The van der Waals surface area contributed by atoms with Crippen LogP contribution in [0.2, 0.25) is 0 Å². The number of aliphatic hydroxyl groups excluding tert-OH is 1. The molecule has 2 N–H and O–H groups in total. The molecule has 0 amide bonds. The summed E-state index contributed by atoms with van der Waals surface area (Å²) in [5.74, 6) is 0.0710. The van der Waals surface area contributed by atoms with Crippen LogP contribution in [0.1, 0.15) is 24.5 Å². The molecule has 0 saturated carbocycles. The first-order chi connectivity index (χ1) is 13.3. The molecule has 0 spiro atoms. The Morgan fingerprint density at radius 3 is 2.39 bits per heavy atom.